The van der Waals surface area contributed by atoms with E-state index >= 15 is 0 Å². The van der Waals surface area contributed by atoms with Gasteiger partial charge in [0.15, 0.2) is 6.10 Å². The van der Waals surface area contributed by atoms with Gasteiger partial charge in [0.05, 0.1) is 23.2 Å². The van der Waals surface area contributed by atoms with Gasteiger partial charge in [0, 0.05) is 4.90 Å². The first kappa shape index (κ1) is 13.9. The molecule has 2 atom stereocenters. The van der Waals surface area contributed by atoms with Crippen molar-refractivity contribution in [3.05, 3.63) is 29.8 Å². The van der Waals surface area contributed by atoms with Crippen molar-refractivity contribution in [3.8, 4) is 0 Å². The highest BCUT2D eigenvalue weighted by Gasteiger charge is 2.19. The Morgan fingerprint density at radius 2 is 2.00 bits per heavy atom. The Bertz CT molecular complexity index is 399. The number of carbonyl (C=O) groups excluding carboxylic acids is 1. The first-order valence-corrected chi connectivity index (χ1v) is 6.66. The molecule has 1 aromatic carbocycles. The predicted octanol–water partition coefficient (Wildman–Crippen LogP) is 1.03. The Morgan fingerprint density at radius 3 is 2.53 bits per heavy atom. The fourth-order valence-electron chi connectivity index (χ4n) is 1.24. The molecule has 1 rings (SSSR count). The normalized spacial score (nSPS) is 14.1. The van der Waals surface area contributed by atoms with Crippen LogP contribution in [0.2, 0.25) is 0 Å². The van der Waals surface area contributed by atoms with Gasteiger partial charge in [0.25, 0.3) is 0 Å². The van der Waals surface area contributed by atoms with Gasteiger partial charge in [0.2, 0.25) is 0 Å². The van der Waals surface area contributed by atoms with Gasteiger partial charge >= 0.3 is 5.97 Å². The van der Waals surface area contributed by atoms with Gasteiger partial charge in [-0.2, -0.15) is 0 Å². The molecule has 5 heteroatoms. The molecule has 0 spiro atoms. The van der Waals surface area contributed by atoms with E-state index in [1.807, 2.05) is 19.1 Å². The number of ether oxygens (including phenoxy) is 1. The van der Waals surface area contributed by atoms with Crippen molar-refractivity contribution in [3.63, 3.8) is 0 Å². The van der Waals surface area contributed by atoms with Crippen LogP contribution in [0.25, 0.3) is 0 Å². The molecule has 0 aliphatic rings. The molecule has 0 radical (unpaired) electrons. The van der Waals surface area contributed by atoms with E-state index in [0.29, 0.717) is 4.90 Å². The van der Waals surface area contributed by atoms with Crippen LogP contribution in [0.3, 0.4) is 0 Å². The van der Waals surface area contributed by atoms with Gasteiger partial charge in [-0.25, -0.2) is 4.79 Å². The van der Waals surface area contributed by atoms with Crippen LogP contribution in [0, 0.1) is 6.92 Å². The lowest BCUT2D eigenvalue weighted by atomic mass is 10.2. The Labute approximate surface area is 103 Å². The summed E-state index contributed by atoms with van der Waals surface area (Å²) in [6.45, 7) is 3.79. The molecule has 0 bridgehead atoms. The van der Waals surface area contributed by atoms with Crippen LogP contribution in [0.1, 0.15) is 12.5 Å². The van der Waals surface area contributed by atoms with Gasteiger partial charge in [0.1, 0.15) is 0 Å². The maximum absolute atomic E-state index is 11.8. The molecular weight excluding hydrogens is 240 g/mol. The molecule has 94 valence electrons. The minimum Gasteiger partial charge on any atom is -0.464 e. The average Bonchev–Trinajstić information content (AvgIpc) is 2.30. The Hall–Kier alpha value is -1.20. The summed E-state index contributed by atoms with van der Waals surface area (Å²) < 4.78 is 16.5. The topological polar surface area (TPSA) is 63.6 Å². The number of benzene rings is 1. The summed E-state index contributed by atoms with van der Waals surface area (Å²) in [7, 11) is -1.40. The summed E-state index contributed by atoms with van der Waals surface area (Å²) in [6.07, 6.45) is -1.34. The molecule has 0 aliphatic carbocycles. The van der Waals surface area contributed by atoms with Crippen molar-refractivity contribution in [2.24, 2.45) is 0 Å². The van der Waals surface area contributed by atoms with Crippen LogP contribution < -0.4 is 0 Å². The Morgan fingerprint density at radius 1 is 1.41 bits per heavy atom. The van der Waals surface area contributed by atoms with Crippen molar-refractivity contribution >= 4 is 16.8 Å². The number of hydrogen-bond acceptors (Lipinski definition) is 4. The zero-order valence-electron chi connectivity index (χ0n) is 9.88. The summed E-state index contributed by atoms with van der Waals surface area (Å²) in [5, 5.41) is 9.47. The third kappa shape index (κ3) is 4.28. The molecule has 0 aromatic heterocycles. The minimum atomic E-state index is -1.40. The standard InChI is InChI=1S/C12H16O4S/c1-3-16-12(14)11(13)8-17(15)10-6-4-9(2)5-7-10/h4-7,11,13H,3,8H2,1-2H3/t11-,17?/m1/s1. The van der Waals surface area contributed by atoms with Gasteiger partial charge in [-0.15, -0.1) is 0 Å². The fraction of sp³-hybridized carbons (Fsp3) is 0.417. The number of carbonyl (C=O) groups is 1. The van der Waals surface area contributed by atoms with E-state index in [0.717, 1.165) is 5.56 Å². The van der Waals surface area contributed by atoms with E-state index in [4.69, 9.17) is 0 Å². The van der Waals surface area contributed by atoms with E-state index in [1.165, 1.54) is 0 Å². The van der Waals surface area contributed by atoms with Crippen molar-refractivity contribution in [2.45, 2.75) is 24.8 Å². The largest absolute Gasteiger partial charge is 0.464 e. The highest BCUT2D eigenvalue weighted by molar-refractivity contribution is 7.85. The summed E-state index contributed by atoms with van der Waals surface area (Å²) in [4.78, 5) is 11.8. The zero-order chi connectivity index (χ0) is 12.8. The van der Waals surface area contributed by atoms with E-state index in [2.05, 4.69) is 4.74 Å². The third-order valence-electron chi connectivity index (χ3n) is 2.15. The van der Waals surface area contributed by atoms with Crippen LogP contribution in [0.5, 0.6) is 0 Å². The van der Waals surface area contributed by atoms with Crippen molar-refractivity contribution < 1.29 is 18.8 Å². The molecule has 0 fully saturated rings. The number of aliphatic hydroxyl groups excluding tert-OH is 1. The van der Waals surface area contributed by atoms with E-state index in [9.17, 15) is 14.1 Å². The monoisotopic (exact) mass is 256 g/mol. The van der Waals surface area contributed by atoms with Crippen LogP contribution in [0.4, 0.5) is 0 Å². The second kappa shape index (κ2) is 6.51. The van der Waals surface area contributed by atoms with E-state index < -0.39 is 22.9 Å². The smallest absolute Gasteiger partial charge is 0.335 e. The Balaban J connectivity index is 2.60. The summed E-state index contributed by atoms with van der Waals surface area (Å²) in [5.74, 6) is -0.866. The second-order valence-electron chi connectivity index (χ2n) is 3.59. The SMILES string of the molecule is CCOC(=O)[C@H](O)CS(=O)c1ccc(C)cc1. The van der Waals surface area contributed by atoms with Crippen LogP contribution >= 0.6 is 0 Å². The number of esters is 1. The molecule has 1 unspecified atom stereocenters. The average molecular weight is 256 g/mol. The highest BCUT2D eigenvalue weighted by Crippen LogP contribution is 2.09. The second-order valence-corrected chi connectivity index (χ2v) is 5.09. The number of hydrogen-bond donors (Lipinski definition) is 1. The van der Waals surface area contributed by atoms with Gasteiger partial charge in [-0.3, -0.25) is 4.21 Å². The number of aryl methyl sites for hydroxylation is 1. The molecule has 0 heterocycles. The molecule has 4 nitrogen and oxygen atoms in total. The lowest BCUT2D eigenvalue weighted by molar-refractivity contribution is -0.151. The fourth-order valence-corrected chi connectivity index (χ4v) is 2.29. The number of rotatable bonds is 5. The maximum Gasteiger partial charge on any atom is 0.335 e. The summed E-state index contributed by atoms with van der Waals surface area (Å²) >= 11 is 0. The van der Waals surface area contributed by atoms with Crippen LogP contribution in [-0.2, 0) is 20.3 Å². The summed E-state index contributed by atoms with van der Waals surface area (Å²) in [5.41, 5.74) is 1.07. The van der Waals surface area contributed by atoms with Crippen molar-refractivity contribution in [2.75, 3.05) is 12.4 Å². The van der Waals surface area contributed by atoms with Gasteiger partial charge in [-0.05, 0) is 26.0 Å². The quantitative estimate of drug-likeness (QED) is 0.799. The highest BCUT2D eigenvalue weighted by atomic mass is 32.2. The first-order chi connectivity index (χ1) is 8.04. The first-order valence-electron chi connectivity index (χ1n) is 5.34. The molecule has 0 saturated carbocycles. The minimum absolute atomic E-state index is 0.137. The van der Waals surface area contributed by atoms with E-state index in [-0.39, 0.29) is 12.4 Å². The molecule has 17 heavy (non-hydrogen) atoms. The van der Waals surface area contributed by atoms with Gasteiger partial charge in [-0.1, -0.05) is 17.7 Å². The number of aliphatic hydroxyl groups is 1. The van der Waals surface area contributed by atoms with Crippen molar-refractivity contribution in [1.29, 1.82) is 0 Å². The Kier molecular flexibility index (Phi) is 5.31. The predicted molar refractivity (Wildman–Crippen MR) is 65.1 cm³/mol. The van der Waals surface area contributed by atoms with E-state index in [1.54, 1.807) is 19.1 Å². The van der Waals surface area contributed by atoms with Crippen molar-refractivity contribution in [1.82, 2.24) is 0 Å². The van der Waals surface area contributed by atoms with Gasteiger partial charge < -0.3 is 9.84 Å². The molecule has 1 aromatic rings. The molecular formula is C12H16O4S. The maximum atomic E-state index is 11.8. The van der Waals surface area contributed by atoms with Crippen LogP contribution in [0.15, 0.2) is 29.2 Å². The third-order valence-corrected chi connectivity index (χ3v) is 3.57. The molecule has 1 N–H and O–H groups in total. The summed E-state index contributed by atoms with van der Waals surface area (Å²) in [6, 6.07) is 7.13. The molecule has 0 aliphatic heterocycles. The lowest BCUT2D eigenvalue weighted by Crippen LogP contribution is -2.28. The molecule has 0 saturated heterocycles. The van der Waals surface area contributed by atoms with Crippen LogP contribution in [-0.4, -0.2) is 33.7 Å². The molecule has 0 amide bonds. The lowest BCUT2D eigenvalue weighted by Gasteiger charge is -2.09. The zero-order valence-corrected chi connectivity index (χ0v) is 10.7.